The predicted molar refractivity (Wildman–Crippen MR) is 55.9 cm³/mol. The fourth-order valence-electron chi connectivity index (χ4n) is 2.27. The fourth-order valence-corrected chi connectivity index (χ4v) is 2.27. The molecule has 0 aromatic heterocycles. The molecule has 0 aromatic rings. The highest BCUT2D eigenvalue weighted by molar-refractivity contribution is 5.75. The summed E-state index contributed by atoms with van der Waals surface area (Å²) in [7, 11) is 3.42. The molecule has 0 amide bonds. The van der Waals surface area contributed by atoms with Crippen LogP contribution in [0.2, 0.25) is 0 Å². The number of halogens is 2. The number of ether oxygens (including phenoxy) is 1. The van der Waals surface area contributed by atoms with E-state index in [9.17, 15) is 19.0 Å². The molecular weight excluding hydrogens is 234 g/mol. The van der Waals surface area contributed by atoms with Crippen molar-refractivity contribution in [1.29, 1.82) is 0 Å². The molecule has 2 rings (SSSR count). The molecule has 17 heavy (non-hydrogen) atoms. The van der Waals surface area contributed by atoms with Crippen molar-refractivity contribution >= 4 is 6.02 Å². The molecule has 5 unspecified atom stereocenters. The number of amidine groups is 1. The fraction of sp³-hybridized carbons (Fsp3) is 0.900. The third-order valence-corrected chi connectivity index (χ3v) is 3.25. The van der Waals surface area contributed by atoms with Crippen molar-refractivity contribution in [3.8, 4) is 0 Å². The Balaban J connectivity index is 2.15. The lowest BCUT2D eigenvalue weighted by Crippen LogP contribution is -2.53. The largest absolute Gasteiger partial charge is 0.459 e. The van der Waals surface area contributed by atoms with Crippen molar-refractivity contribution in [2.24, 2.45) is 10.9 Å². The van der Waals surface area contributed by atoms with Crippen LogP contribution >= 0.6 is 0 Å². The van der Waals surface area contributed by atoms with Gasteiger partial charge in [-0.05, 0) is 6.42 Å². The Morgan fingerprint density at radius 2 is 2.00 bits per heavy atom. The number of hydrogen-bond donors (Lipinski definition) is 2. The lowest BCUT2D eigenvalue weighted by Gasteiger charge is -2.37. The van der Waals surface area contributed by atoms with Gasteiger partial charge in [0.2, 0.25) is 6.43 Å². The first-order valence-corrected chi connectivity index (χ1v) is 5.48. The Bertz CT molecular complexity index is 325. The average molecular weight is 250 g/mol. The highest BCUT2D eigenvalue weighted by Crippen LogP contribution is 2.36. The lowest BCUT2D eigenvalue weighted by molar-refractivity contribution is -0.123. The van der Waals surface area contributed by atoms with Gasteiger partial charge in [-0.2, -0.15) is 0 Å². The number of alkyl halides is 2. The van der Waals surface area contributed by atoms with Gasteiger partial charge in [-0.25, -0.2) is 13.8 Å². The van der Waals surface area contributed by atoms with E-state index in [0.717, 1.165) is 0 Å². The average Bonchev–Trinajstić information content (AvgIpc) is 2.67. The van der Waals surface area contributed by atoms with Crippen LogP contribution < -0.4 is 0 Å². The number of hydrogen-bond acceptors (Lipinski definition) is 5. The maximum atomic E-state index is 12.7. The van der Waals surface area contributed by atoms with Crippen LogP contribution in [0.5, 0.6) is 0 Å². The molecule has 5 atom stereocenters. The third kappa shape index (κ3) is 2.09. The number of fused-ring (bicyclic) bond motifs is 1. The number of aliphatic hydroxyl groups excluding tert-OH is 2. The maximum Gasteiger partial charge on any atom is 0.287 e. The number of aliphatic hydroxyl groups is 2. The summed E-state index contributed by atoms with van der Waals surface area (Å²) in [5.41, 5.74) is 0. The van der Waals surface area contributed by atoms with Crippen LogP contribution in [0.4, 0.5) is 8.78 Å². The van der Waals surface area contributed by atoms with E-state index < -0.39 is 36.7 Å². The van der Waals surface area contributed by atoms with Crippen molar-refractivity contribution in [3.63, 3.8) is 0 Å². The molecule has 1 heterocycles. The number of rotatable bonds is 1. The van der Waals surface area contributed by atoms with Gasteiger partial charge in [0.05, 0.1) is 12.0 Å². The highest BCUT2D eigenvalue weighted by atomic mass is 19.3. The standard InChI is InChI=1S/C10H16F2N2O3/c1-14(2)10-13-6-5(17-10)3-4(9(11)12)7(15)8(6)16/h4-9,15-16H,3H2,1-2H3. The van der Waals surface area contributed by atoms with Gasteiger partial charge in [0.25, 0.3) is 6.02 Å². The zero-order chi connectivity index (χ0) is 12.7. The SMILES string of the molecule is CN(C)C1=NC2C(CC(C(F)F)C(O)C2O)O1. The minimum atomic E-state index is -2.67. The summed E-state index contributed by atoms with van der Waals surface area (Å²) in [5, 5.41) is 19.4. The van der Waals surface area contributed by atoms with Crippen LogP contribution in [0.15, 0.2) is 4.99 Å². The molecule has 5 nitrogen and oxygen atoms in total. The molecule has 98 valence electrons. The predicted octanol–water partition coefficient (Wildman–Crippen LogP) is -0.322. The molecule has 1 fully saturated rings. The summed E-state index contributed by atoms with van der Waals surface area (Å²) in [6.45, 7) is 0. The number of nitrogens with zero attached hydrogens (tertiary/aromatic N) is 2. The minimum absolute atomic E-state index is 0.00139. The summed E-state index contributed by atoms with van der Waals surface area (Å²) in [6, 6.07) is -0.349. The molecule has 1 saturated carbocycles. The van der Waals surface area contributed by atoms with Crippen LogP contribution in [-0.4, -0.2) is 66.0 Å². The highest BCUT2D eigenvalue weighted by Gasteiger charge is 2.50. The first-order chi connectivity index (χ1) is 7.91. The molecule has 0 aromatic carbocycles. The summed E-state index contributed by atoms with van der Waals surface area (Å²) >= 11 is 0. The zero-order valence-electron chi connectivity index (χ0n) is 9.62. The smallest absolute Gasteiger partial charge is 0.287 e. The van der Waals surface area contributed by atoms with Gasteiger partial charge in [0.15, 0.2) is 0 Å². The third-order valence-electron chi connectivity index (χ3n) is 3.25. The van der Waals surface area contributed by atoms with Gasteiger partial charge in [-0.15, -0.1) is 0 Å². The van der Waals surface area contributed by atoms with E-state index in [-0.39, 0.29) is 6.42 Å². The van der Waals surface area contributed by atoms with E-state index in [1.165, 1.54) is 0 Å². The second-order valence-corrected chi connectivity index (χ2v) is 4.67. The first kappa shape index (κ1) is 12.5. The summed E-state index contributed by atoms with van der Waals surface area (Å²) < 4.78 is 30.8. The lowest BCUT2D eigenvalue weighted by atomic mass is 9.80. The van der Waals surface area contributed by atoms with Crippen molar-refractivity contribution in [1.82, 2.24) is 4.90 Å². The van der Waals surface area contributed by atoms with E-state index in [0.29, 0.717) is 6.02 Å². The first-order valence-electron chi connectivity index (χ1n) is 5.48. The van der Waals surface area contributed by atoms with E-state index in [2.05, 4.69) is 4.99 Å². The zero-order valence-corrected chi connectivity index (χ0v) is 9.62. The molecule has 0 bridgehead atoms. The Morgan fingerprint density at radius 1 is 1.35 bits per heavy atom. The molecule has 1 aliphatic heterocycles. The molecule has 0 saturated heterocycles. The van der Waals surface area contributed by atoms with E-state index in [1.807, 2.05) is 0 Å². The van der Waals surface area contributed by atoms with E-state index in [4.69, 9.17) is 4.74 Å². The van der Waals surface area contributed by atoms with Crippen LogP contribution in [0.25, 0.3) is 0 Å². The van der Waals surface area contributed by atoms with Crippen molar-refractivity contribution in [2.45, 2.75) is 37.2 Å². The van der Waals surface area contributed by atoms with Crippen LogP contribution in [0.3, 0.4) is 0 Å². The maximum absolute atomic E-state index is 12.7. The quantitative estimate of drug-likeness (QED) is 0.669. The summed E-state index contributed by atoms with van der Waals surface area (Å²) in [6.07, 6.45) is -6.01. The number of aliphatic imine (C=N–C) groups is 1. The van der Waals surface area contributed by atoms with Gasteiger partial charge in [0, 0.05) is 14.1 Å². The van der Waals surface area contributed by atoms with Gasteiger partial charge in [-0.1, -0.05) is 0 Å². The van der Waals surface area contributed by atoms with Crippen molar-refractivity contribution in [2.75, 3.05) is 14.1 Å². The van der Waals surface area contributed by atoms with Gasteiger partial charge < -0.3 is 19.8 Å². The van der Waals surface area contributed by atoms with E-state index >= 15 is 0 Å². The normalized spacial score (nSPS) is 40.9. The molecule has 0 spiro atoms. The molecule has 2 aliphatic rings. The molecular formula is C10H16F2N2O3. The van der Waals surface area contributed by atoms with Crippen molar-refractivity contribution < 1.29 is 23.7 Å². The van der Waals surface area contributed by atoms with Gasteiger partial charge in [-0.3, -0.25) is 0 Å². The minimum Gasteiger partial charge on any atom is -0.459 e. The summed E-state index contributed by atoms with van der Waals surface area (Å²) in [4.78, 5) is 5.71. The Labute approximate surface area is 97.7 Å². The summed E-state index contributed by atoms with van der Waals surface area (Å²) in [5.74, 6) is -1.26. The molecule has 7 heteroatoms. The topological polar surface area (TPSA) is 65.3 Å². The van der Waals surface area contributed by atoms with E-state index in [1.54, 1.807) is 19.0 Å². The second kappa shape index (κ2) is 4.38. The Kier molecular flexibility index (Phi) is 3.22. The monoisotopic (exact) mass is 250 g/mol. The molecule has 2 N–H and O–H groups in total. The van der Waals surface area contributed by atoms with Gasteiger partial charge in [0.1, 0.15) is 18.2 Å². The van der Waals surface area contributed by atoms with Crippen molar-refractivity contribution in [3.05, 3.63) is 0 Å². The van der Waals surface area contributed by atoms with Crippen LogP contribution in [-0.2, 0) is 4.74 Å². The molecule has 1 aliphatic carbocycles. The second-order valence-electron chi connectivity index (χ2n) is 4.67. The Hall–Kier alpha value is -0.950. The van der Waals surface area contributed by atoms with Crippen LogP contribution in [0.1, 0.15) is 6.42 Å². The Morgan fingerprint density at radius 3 is 2.53 bits per heavy atom. The van der Waals surface area contributed by atoms with Gasteiger partial charge >= 0.3 is 0 Å². The molecule has 0 radical (unpaired) electrons. The van der Waals surface area contributed by atoms with Crippen LogP contribution in [0, 0.1) is 5.92 Å².